The standard InChI is InChI=1S/C42H43F5N4O4/c1-25(21-41(2,3)4)16-38(53)49-32-14-12-29-19-36(30-13-15-34(43)35(44)18-30)51(40(55)33(29)20-32)23-26-8-10-28(11-9-26)39(54)50(24-37(48)52)22-27-6-5-7-31(17-27)42(45,46)47/h5-15,17-18,20,25,36H,16,19,21-24H2,1-4H3,(H2,48,52)(H,49,53). The van der Waals surface area contributed by atoms with Crippen molar-refractivity contribution in [2.24, 2.45) is 17.1 Å². The molecular weight excluding hydrogens is 719 g/mol. The molecule has 0 aromatic heterocycles. The van der Waals surface area contributed by atoms with Crippen LogP contribution in [0.25, 0.3) is 0 Å². The van der Waals surface area contributed by atoms with Crippen LogP contribution in [0.4, 0.5) is 27.6 Å². The second-order valence-corrected chi connectivity index (χ2v) is 15.3. The zero-order valence-corrected chi connectivity index (χ0v) is 31.0. The molecule has 13 heteroatoms. The van der Waals surface area contributed by atoms with Gasteiger partial charge in [0.05, 0.1) is 18.2 Å². The Kier molecular flexibility index (Phi) is 12.1. The molecule has 0 radical (unpaired) electrons. The molecule has 4 aromatic carbocycles. The molecule has 1 heterocycles. The summed E-state index contributed by atoms with van der Waals surface area (Å²) in [6.07, 6.45) is -3.19. The predicted octanol–water partition coefficient (Wildman–Crippen LogP) is 8.45. The first-order valence-electron chi connectivity index (χ1n) is 17.8. The van der Waals surface area contributed by atoms with Crippen molar-refractivity contribution in [3.05, 3.63) is 136 Å². The van der Waals surface area contributed by atoms with Crippen LogP contribution in [0.5, 0.6) is 0 Å². The lowest BCUT2D eigenvalue weighted by atomic mass is 9.84. The maximum Gasteiger partial charge on any atom is 0.416 e. The molecule has 2 atom stereocenters. The number of fused-ring (bicyclic) bond motifs is 1. The van der Waals surface area contributed by atoms with Crippen LogP contribution < -0.4 is 11.1 Å². The van der Waals surface area contributed by atoms with Crippen LogP contribution in [0.2, 0.25) is 0 Å². The van der Waals surface area contributed by atoms with Gasteiger partial charge in [-0.1, -0.05) is 64.1 Å². The third-order valence-electron chi connectivity index (χ3n) is 9.31. The van der Waals surface area contributed by atoms with Crippen molar-refractivity contribution < 1.29 is 41.1 Å². The van der Waals surface area contributed by atoms with E-state index in [1.807, 2.05) is 6.92 Å². The molecule has 290 valence electrons. The minimum Gasteiger partial charge on any atom is -0.368 e. The van der Waals surface area contributed by atoms with Crippen molar-refractivity contribution in [3.8, 4) is 0 Å². The summed E-state index contributed by atoms with van der Waals surface area (Å²) in [5.74, 6) is -4.08. The molecule has 55 heavy (non-hydrogen) atoms. The average molecular weight is 763 g/mol. The fourth-order valence-electron chi connectivity index (χ4n) is 7.08. The van der Waals surface area contributed by atoms with Crippen molar-refractivity contribution >= 4 is 29.3 Å². The number of nitrogens with one attached hydrogen (secondary N) is 1. The van der Waals surface area contributed by atoms with Gasteiger partial charge in [-0.2, -0.15) is 13.2 Å². The molecule has 2 unspecified atom stereocenters. The van der Waals surface area contributed by atoms with Crippen LogP contribution in [0.15, 0.2) is 84.9 Å². The summed E-state index contributed by atoms with van der Waals surface area (Å²) >= 11 is 0. The molecule has 3 N–H and O–H groups in total. The van der Waals surface area contributed by atoms with Gasteiger partial charge in [-0.25, -0.2) is 8.78 Å². The van der Waals surface area contributed by atoms with Gasteiger partial charge in [-0.15, -0.1) is 0 Å². The fraction of sp³-hybridized carbons (Fsp3) is 0.333. The summed E-state index contributed by atoms with van der Waals surface area (Å²) in [5, 5.41) is 2.90. The van der Waals surface area contributed by atoms with Crippen molar-refractivity contribution in [1.29, 1.82) is 0 Å². The highest BCUT2D eigenvalue weighted by molar-refractivity contribution is 6.00. The highest BCUT2D eigenvalue weighted by Crippen LogP contribution is 2.37. The predicted molar refractivity (Wildman–Crippen MR) is 197 cm³/mol. The van der Waals surface area contributed by atoms with Gasteiger partial charge in [-0.05, 0) is 95.0 Å². The van der Waals surface area contributed by atoms with Crippen LogP contribution in [0, 0.1) is 23.0 Å². The lowest BCUT2D eigenvalue weighted by Gasteiger charge is -2.37. The van der Waals surface area contributed by atoms with E-state index in [1.165, 1.54) is 35.2 Å². The van der Waals surface area contributed by atoms with E-state index in [2.05, 4.69) is 26.1 Å². The number of halogens is 5. The molecule has 0 bridgehead atoms. The molecule has 8 nitrogen and oxygen atoms in total. The van der Waals surface area contributed by atoms with Gasteiger partial charge in [0.2, 0.25) is 11.8 Å². The van der Waals surface area contributed by atoms with Crippen molar-refractivity contribution in [1.82, 2.24) is 9.80 Å². The summed E-state index contributed by atoms with van der Waals surface area (Å²) in [7, 11) is 0. The highest BCUT2D eigenvalue weighted by atomic mass is 19.4. The zero-order valence-electron chi connectivity index (χ0n) is 31.0. The molecule has 0 aliphatic carbocycles. The SMILES string of the molecule is CC(CC(=O)Nc1ccc2c(c1)C(=O)N(Cc1ccc(C(=O)N(CC(N)=O)Cc3cccc(C(F)(F)F)c3)cc1)C(c1ccc(F)c(F)c1)C2)CC(C)(C)C. The maximum absolute atomic E-state index is 14.5. The van der Waals surface area contributed by atoms with E-state index in [1.54, 1.807) is 30.3 Å². The van der Waals surface area contributed by atoms with E-state index in [9.17, 15) is 41.1 Å². The number of rotatable bonds is 12. The Labute approximate surface area is 316 Å². The van der Waals surface area contributed by atoms with Crippen molar-refractivity contribution in [3.63, 3.8) is 0 Å². The molecule has 0 fully saturated rings. The number of hydrogen-bond donors (Lipinski definition) is 2. The first-order valence-corrected chi connectivity index (χ1v) is 17.8. The Morgan fingerprint density at radius 3 is 2.25 bits per heavy atom. The van der Waals surface area contributed by atoms with Gasteiger partial charge in [0, 0.05) is 36.3 Å². The lowest BCUT2D eigenvalue weighted by Crippen LogP contribution is -2.40. The number of carbonyl (C=O) groups excluding carboxylic acids is 4. The summed E-state index contributed by atoms with van der Waals surface area (Å²) in [4.78, 5) is 55.1. The fourth-order valence-corrected chi connectivity index (χ4v) is 7.08. The number of alkyl halides is 3. The van der Waals surface area contributed by atoms with E-state index in [0.717, 1.165) is 35.6 Å². The third-order valence-corrected chi connectivity index (χ3v) is 9.31. The summed E-state index contributed by atoms with van der Waals surface area (Å²) in [6.45, 7) is 7.47. The summed E-state index contributed by atoms with van der Waals surface area (Å²) in [5.41, 5.74) is 7.16. The second kappa shape index (κ2) is 16.4. The van der Waals surface area contributed by atoms with E-state index < -0.39 is 53.7 Å². The molecular formula is C42H43F5N4O4. The molecule has 0 saturated heterocycles. The Morgan fingerprint density at radius 1 is 0.909 bits per heavy atom. The Balaban J connectivity index is 1.39. The maximum atomic E-state index is 14.5. The summed E-state index contributed by atoms with van der Waals surface area (Å²) < 4.78 is 68.4. The first kappa shape index (κ1) is 40.6. The number of carbonyl (C=O) groups is 4. The molecule has 1 aliphatic heterocycles. The molecule has 5 rings (SSSR count). The van der Waals surface area contributed by atoms with Gasteiger partial charge in [0.15, 0.2) is 11.6 Å². The van der Waals surface area contributed by atoms with Gasteiger partial charge >= 0.3 is 6.18 Å². The topological polar surface area (TPSA) is 113 Å². The number of primary amides is 1. The van der Waals surface area contributed by atoms with Gasteiger partial charge in [-0.3, -0.25) is 19.2 Å². The minimum absolute atomic E-state index is 0.00740. The Bertz CT molecular complexity index is 2080. The van der Waals surface area contributed by atoms with Gasteiger partial charge in [0.1, 0.15) is 0 Å². The number of nitrogens with two attached hydrogens (primary N) is 1. The summed E-state index contributed by atoms with van der Waals surface area (Å²) in [6, 6.07) is 18.3. The van der Waals surface area contributed by atoms with Crippen LogP contribution in [0.3, 0.4) is 0 Å². The van der Waals surface area contributed by atoms with Gasteiger partial charge in [0.25, 0.3) is 11.8 Å². The molecule has 0 saturated carbocycles. The normalized spacial score (nSPS) is 15.0. The first-order chi connectivity index (χ1) is 25.8. The average Bonchev–Trinajstić information content (AvgIpc) is 3.09. The number of nitrogens with zero attached hydrogens (tertiary/aromatic N) is 2. The van der Waals surface area contributed by atoms with Gasteiger partial charge < -0.3 is 20.9 Å². The zero-order chi connectivity index (χ0) is 40.2. The Hall–Kier alpha value is -5.59. The van der Waals surface area contributed by atoms with Crippen molar-refractivity contribution in [2.45, 2.75) is 72.3 Å². The quantitative estimate of drug-likeness (QED) is 0.141. The smallest absolute Gasteiger partial charge is 0.368 e. The van der Waals surface area contributed by atoms with E-state index in [4.69, 9.17) is 5.73 Å². The van der Waals surface area contributed by atoms with Crippen molar-refractivity contribution in [2.75, 3.05) is 11.9 Å². The number of benzene rings is 4. The van der Waals surface area contributed by atoms with Crippen LogP contribution >= 0.6 is 0 Å². The largest absolute Gasteiger partial charge is 0.416 e. The number of anilines is 1. The van der Waals surface area contributed by atoms with E-state index >= 15 is 0 Å². The molecule has 0 spiro atoms. The van der Waals surface area contributed by atoms with Crippen LogP contribution in [0.1, 0.15) is 95.1 Å². The van der Waals surface area contributed by atoms with Crippen LogP contribution in [-0.2, 0) is 35.3 Å². The third kappa shape index (κ3) is 10.6. The highest BCUT2D eigenvalue weighted by Gasteiger charge is 2.35. The molecule has 4 aromatic rings. The number of amides is 4. The monoisotopic (exact) mass is 762 g/mol. The van der Waals surface area contributed by atoms with E-state index in [-0.39, 0.29) is 47.9 Å². The van der Waals surface area contributed by atoms with Crippen LogP contribution in [-0.4, -0.2) is 40.0 Å². The van der Waals surface area contributed by atoms with E-state index in [0.29, 0.717) is 34.4 Å². The minimum atomic E-state index is -4.60. The Morgan fingerprint density at radius 2 is 1.62 bits per heavy atom. The number of hydrogen-bond acceptors (Lipinski definition) is 4. The lowest BCUT2D eigenvalue weighted by molar-refractivity contribution is -0.137. The molecule has 1 aliphatic rings. The second-order valence-electron chi connectivity index (χ2n) is 15.3. The molecule has 4 amide bonds.